The molecule has 130 valence electrons. The second-order valence-corrected chi connectivity index (χ2v) is 6.68. The first-order valence-electron chi connectivity index (χ1n) is 8.09. The van der Waals surface area contributed by atoms with Gasteiger partial charge in [0, 0.05) is 16.2 Å². The van der Waals surface area contributed by atoms with Gasteiger partial charge in [0.25, 0.3) is 5.91 Å². The maximum Gasteiger partial charge on any atom is 0.347 e. The minimum Gasteiger partial charge on any atom is -0.481 e. The topological polar surface area (TPSA) is 68.5 Å². The number of rotatable bonds is 4. The lowest BCUT2D eigenvalue weighted by Crippen LogP contribution is -2.30. The summed E-state index contributed by atoms with van der Waals surface area (Å²) in [6.45, 7) is 1.66. The highest BCUT2D eigenvalue weighted by atomic mass is 32.1. The van der Waals surface area contributed by atoms with E-state index < -0.39 is 11.7 Å². The number of ether oxygens (including phenoxy) is 1. The van der Waals surface area contributed by atoms with Gasteiger partial charge in [0.15, 0.2) is 6.10 Å². The number of anilines is 1. The lowest BCUT2D eigenvalue weighted by molar-refractivity contribution is -0.122. The van der Waals surface area contributed by atoms with Crippen molar-refractivity contribution in [2.75, 3.05) is 5.32 Å². The predicted molar refractivity (Wildman–Crippen MR) is 103 cm³/mol. The Labute approximate surface area is 152 Å². The Balaban J connectivity index is 1.64. The molecule has 1 unspecified atom stereocenters. The van der Waals surface area contributed by atoms with Crippen molar-refractivity contribution >= 4 is 44.0 Å². The van der Waals surface area contributed by atoms with Gasteiger partial charge in [-0.1, -0.05) is 36.4 Å². The van der Waals surface area contributed by atoms with Crippen molar-refractivity contribution in [3.8, 4) is 5.75 Å². The molecule has 0 fully saturated rings. The maximum atomic E-state index is 12.5. The maximum absolute atomic E-state index is 12.5. The highest BCUT2D eigenvalue weighted by molar-refractivity contribution is 7.16. The number of amides is 1. The summed E-state index contributed by atoms with van der Waals surface area (Å²) in [5, 5.41) is 7.10. The summed E-state index contributed by atoms with van der Waals surface area (Å²) in [4.78, 5) is 24.8. The van der Waals surface area contributed by atoms with E-state index in [-0.39, 0.29) is 5.91 Å². The Morgan fingerprint density at radius 2 is 1.81 bits per heavy atom. The summed E-state index contributed by atoms with van der Waals surface area (Å²) in [5.41, 5.74) is 0.0633. The van der Waals surface area contributed by atoms with E-state index in [0.29, 0.717) is 21.7 Å². The second-order valence-electron chi connectivity index (χ2n) is 5.80. The molecular weight excluding hydrogens is 350 g/mol. The molecule has 1 atom stereocenters. The van der Waals surface area contributed by atoms with E-state index in [1.165, 1.54) is 11.3 Å². The van der Waals surface area contributed by atoms with Crippen LogP contribution in [0.2, 0.25) is 0 Å². The van der Waals surface area contributed by atoms with Gasteiger partial charge in [-0.25, -0.2) is 4.79 Å². The fraction of sp³-hybridized carbons (Fsp3) is 0.100. The normalized spacial score (nSPS) is 12.2. The molecule has 0 aliphatic heterocycles. The molecule has 2 heterocycles. The van der Waals surface area contributed by atoms with Crippen molar-refractivity contribution in [3.63, 3.8) is 0 Å². The van der Waals surface area contributed by atoms with Crippen molar-refractivity contribution in [2.24, 2.45) is 0 Å². The van der Waals surface area contributed by atoms with Crippen LogP contribution < -0.4 is 15.7 Å². The molecule has 4 rings (SSSR count). The summed E-state index contributed by atoms with van der Waals surface area (Å²) >= 11 is 1.30. The highest BCUT2D eigenvalue weighted by Crippen LogP contribution is 2.33. The summed E-state index contributed by atoms with van der Waals surface area (Å²) in [5.74, 6) is 0.279. The summed E-state index contributed by atoms with van der Waals surface area (Å²) < 4.78 is 11.0. The van der Waals surface area contributed by atoms with Gasteiger partial charge in [-0.15, -0.1) is 11.3 Å². The van der Waals surface area contributed by atoms with E-state index in [4.69, 9.17) is 9.15 Å². The van der Waals surface area contributed by atoms with Crippen LogP contribution in [0.25, 0.3) is 21.7 Å². The Morgan fingerprint density at radius 1 is 1.08 bits per heavy atom. The molecule has 1 N–H and O–H groups in total. The van der Waals surface area contributed by atoms with Crippen LogP contribution in [-0.4, -0.2) is 12.0 Å². The van der Waals surface area contributed by atoms with E-state index in [0.717, 1.165) is 10.8 Å². The molecule has 0 radical (unpaired) electrons. The van der Waals surface area contributed by atoms with Crippen molar-refractivity contribution in [1.29, 1.82) is 0 Å². The van der Waals surface area contributed by atoms with Crippen LogP contribution in [0.3, 0.4) is 0 Å². The number of hydrogen-bond acceptors (Lipinski definition) is 5. The standard InChI is InChI=1S/C20H15NO4S/c1-12(24-13-7-3-2-4-8-13)18(22)21-19-17-15(11-26-19)14-9-5-6-10-16(14)25-20(17)23/h2-12H,1H3,(H,21,22). The molecule has 4 aromatic rings. The summed E-state index contributed by atoms with van der Waals surface area (Å²) in [7, 11) is 0. The van der Waals surface area contributed by atoms with Crippen molar-refractivity contribution in [1.82, 2.24) is 0 Å². The fourth-order valence-corrected chi connectivity index (χ4v) is 3.70. The summed E-state index contributed by atoms with van der Waals surface area (Å²) in [6, 6.07) is 16.4. The van der Waals surface area contributed by atoms with E-state index in [9.17, 15) is 9.59 Å². The molecular formula is C20H15NO4S. The predicted octanol–water partition coefficient (Wildman–Crippen LogP) is 4.41. The van der Waals surface area contributed by atoms with Gasteiger partial charge in [0.2, 0.25) is 0 Å². The third-order valence-corrected chi connectivity index (χ3v) is 4.93. The molecule has 0 saturated heterocycles. The zero-order chi connectivity index (χ0) is 18.1. The molecule has 2 aromatic carbocycles. The smallest absolute Gasteiger partial charge is 0.347 e. The van der Waals surface area contributed by atoms with Crippen LogP contribution in [-0.2, 0) is 4.79 Å². The van der Waals surface area contributed by atoms with Crippen LogP contribution in [0.1, 0.15) is 6.92 Å². The zero-order valence-electron chi connectivity index (χ0n) is 13.9. The average Bonchev–Trinajstić information content (AvgIpc) is 3.07. The molecule has 26 heavy (non-hydrogen) atoms. The number of carbonyl (C=O) groups excluding carboxylic acids is 1. The van der Waals surface area contributed by atoms with Crippen molar-refractivity contribution in [3.05, 3.63) is 70.4 Å². The van der Waals surface area contributed by atoms with E-state index in [1.807, 2.05) is 41.8 Å². The molecule has 0 saturated carbocycles. The number of carbonyl (C=O) groups is 1. The van der Waals surface area contributed by atoms with Crippen LogP contribution >= 0.6 is 11.3 Å². The second kappa shape index (κ2) is 6.65. The number of para-hydroxylation sites is 2. The number of benzene rings is 2. The SMILES string of the molecule is CC(Oc1ccccc1)C(=O)Nc1scc2c1c(=O)oc1ccccc12. The van der Waals surface area contributed by atoms with Crippen LogP contribution in [0.5, 0.6) is 5.75 Å². The van der Waals surface area contributed by atoms with E-state index in [2.05, 4.69) is 5.32 Å². The monoisotopic (exact) mass is 365 g/mol. The Hall–Kier alpha value is -3.12. The highest BCUT2D eigenvalue weighted by Gasteiger charge is 2.19. The van der Waals surface area contributed by atoms with Gasteiger partial charge in [0.1, 0.15) is 21.7 Å². The lowest BCUT2D eigenvalue weighted by atomic mass is 10.1. The third-order valence-electron chi connectivity index (χ3n) is 4.04. The number of thiophene rings is 1. The number of hydrogen-bond donors (Lipinski definition) is 1. The molecule has 0 aliphatic carbocycles. The molecule has 0 aliphatic rings. The lowest BCUT2D eigenvalue weighted by Gasteiger charge is -2.14. The Kier molecular flexibility index (Phi) is 4.18. The number of nitrogens with one attached hydrogen (secondary N) is 1. The first-order chi connectivity index (χ1) is 12.6. The average molecular weight is 365 g/mol. The van der Waals surface area contributed by atoms with Gasteiger partial charge in [-0.2, -0.15) is 0 Å². The van der Waals surface area contributed by atoms with Crippen molar-refractivity contribution < 1.29 is 13.9 Å². The first kappa shape index (κ1) is 16.4. The Morgan fingerprint density at radius 3 is 2.62 bits per heavy atom. The van der Waals surface area contributed by atoms with Crippen LogP contribution in [0, 0.1) is 0 Å². The minimum absolute atomic E-state index is 0.329. The fourth-order valence-electron chi connectivity index (χ4n) is 2.75. The van der Waals surface area contributed by atoms with Gasteiger partial charge in [-0.05, 0) is 25.1 Å². The zero-order valence-corrected chi connectivity index (χ0v) is 14.7. The number of fused-ring (bicyclic) bond motifs is 3. The quantitative estimate of drug-likeness (QED) is 0.544. The van der Waals surface area contributed by atoms with Gasteiger partial charge in [0.05, 0.1) is 0 Å². The molecule has 0 spiro atoms. The van der Waals surface area contributed by atoms with Crippen LogP contribution in [0.4, 0.5) is 5.00 Å². The van der Waals surface area contributed by atoms with E-state index in [1.54, 1.807) is 25.1 Å². The van der Waals surface area contributed by atoms with E-state index >= 15 is 0 Å². The van der Waals surface area contributed by atoms with Crippen molar-refractivity contribution in [2.45, 2.75) is 13.0 Å². The molecule has 6 heteroatoms. The molecule has 0 bridgehead atoms. The largest absolute Gasteiger partial charge is 0.481 e. The summed E-state index contributed by atoms with van der Waals surface area (Å²) in [6.07, 6.45) is -0.706. The van der Waals surface area contributed by atoms with Crippen LogP contribution in [0.15, 0.2) is 69.2 Å². The Bertz CT molecular complexity index is 1150. The van der Waals surface area contributed by atoms with Gasteiger partial charge < -0.3 is 14.5 Å². The molecule has 1 amide bonds. The van der Waals surface area contributed by atoms with Gasteiger partial charge in [-0.3, -0.25) is 4.79 Å². The molecule has 5 nitrogen and oxygen atoms in total. The molecule has 2 aromatic heterocycles. The first-order valence-corrected chi connectivity index (χ1v) is 8.97. The minimum atomic E-state index is -0.706. The van der Waals surface area contributed by atoms with Gasteiger partial charge >= 0.3 is 5.63 Å². The third kappa shape index (κ3) is 2.95.